The minimum Gasteiger partial charge on any atom is -0.329 e. The highest BCUT2D eigenvalue weighted by molar-refractivity contribution is 6.30. The Bertz CT molecular complexity index is 397. The lowest BCUT2D eigenvalue weighted by atomic mass is 9.97. The molecule has 0 saturated heterocycles. The highest BCUT2D eigenvalue weighted by Crippen LogP contribution is 2.48. The maximum atomic E-state index is 5.94. The van der Waals surface area contributed by atoms with Crippen LogP contribution in [0.1, 0.15) is 37.3 Å². The summed E-state index contributed by atoms with van der Waals surface area (Å²) in [6, 6.07) is 8.31. The van der Waals surface area contributed by atoms with Gasteiger partial charge in [-0.25, -0.2) is 0 Å². The van der Waals surface area contributed by atoms with E-state index >= 15 is 0 Å². The topological polar surface area (TPSA) is 38.0 Å². The normalized spacial score (nSPS) is 20.8. The first-order chi connectivity index (χ1) is 9.28. The van der Waals surface area contributed by atoms with Crippen molar-refractivity contribution in [1.29, 1.82) is 0 Å². The van der Waals surface area contributed by atoms with E-state index in [1.807, 2.05) is 12.1 Å². The molecule has 2 fully saturated rings. The summed E-state index contributed by atoms with van der Waals surface area (Å²) in [7, 11) is 0. The molecule has 3 rings (SSSR count). The van der Waals surface area contributed by atoms with E-state index in [-0.39, 0.29) is 6.04 Å². The van der Waals surface area contributed by atoms with Crippen molar-refractivity contribution in [2.24, 2.45) is 23.5 Å². The zero-order chi connectivity index (χ0) is 13.2. The third kappa shape index (κ3) is 3.50. The Labute approximate surface area is 120 Å². The number of benzene rings is 1. The summed E-state index contributed by atoms with van der Waals surface area (Å²) in [5.74, 6) is 2.87. The van der Waals surface area contributed by atoms with Crippen LogP contribution < -0.4 is 11.1 Å². The van der Waals surface area contributed by atoms with Crippen LogP contribution in [0.2, 0.25) is 5.02 Å². The standard InChI is InChI=1S/C16H23ClN2/c17-14-7-5-13(6-8-14)16(9-18)19-10-15(11-1-2-11)12-3-4-12/h5-8,11-12,15-16,19H,1-4,9-10,18H2. The molecule has 0 spiro atoms. The van der Waals surface area contributed by atoms with Crippen molar-refractivity contribution in [3.8, 4) is 0 Å². The smallest absolute Gasteiger partial charge is 0.0444 e. The van der Waals surface area contributed by atoms with Crippen LogP contribution in [-0.2, 0) is 0 Å². The highest BCUT2D eigenvalue weighted by atomic mass is 35.5. The molecule has 1 aromatic carbocycles. The first-order valence-electron chi connectivity index (χ1n) is 7.47. The number of rotatable bonds is 7. The van der Waals surface area contributed by atoms with Gasteiger partial charge in [0.25, 0.3) is 0 Å². The van der Waals surface area contributed by atoms with Gasteiger partial charge in [-0.05, 0) is 67.7 Å². The summed E-state index contributed by atoms with van der Waals surface area (Å²) in [5.41, 5.74) is 7.16. The van der Waals surface area contributed by atoms with Gasteiger partial charge in [0.15, 0.2) is 0 Å². The van der Waals surface area contributed by atoms with Crippen LogP contribution in [0.15, 0.2) is 24.3 Å². The van der Waals surface area contributed by atoms with Crippen molar-refractivity contribution < 1.29 is 0 Å². The van der Waals surface area contributed by atoms with Crippen molar-refractivity contribution >= 4 is 11.6 Å². The Morgan fingerprint density at radius 1 is 1.11 bits per heavy atom. The fourth-order valence-electron chi connectivity index (χ4n) is 3.08. The van der Waals surface area contributed by atoms with Gasteiger partial charge in [-0.15, -0.1) is 0 Å². The third-order valence-corrected chi connectivity index (χ3v) is 4.82. The summed E-state index contributed by atoms with van der Waals surface area (Å²) in [5, 5.41) is 4.47. The maximum Gasteiger partial charge on any atom is 0.0444 e. The number of hydrogen-bond acceptors (Lipinski definition) is 2. The van der Waals surface area contributed by atoms with E-state index < -0.39 is 0 Å². The molecule has 2 saturated carbocycles. The molecule has 0 radical (unpaired) electrons. The molecule has 1 aromatic rings. The van der Waals surface area contributed by atoms with E-state index in [0.29, 0.717) is 6.54 Å². The van der Waals surface area contributed by atoms with Crippen LogP contribution in [0, 0.1) is 17.8 Å². The second-order valence-corrected chi connectivity index (χ2v) is 6.52. The summed E-state index contributed by atoms with van der Waals surface area (Å²) in [6.07, 6.45) is 5.77. The molecule has 19 heavy (non-hydrogen) atoms. The van der Waals surface area contributed by atoms with E-state index in [1.165, 1.54) is 31.2 Å². The van der Waals surface area contributed by atoms with Crippen molar-refractivity contribution in [3.63, 3.8) is 0 Å². The van der Waals surface area contributed by atoms with Crippen LogP contribution in [0.4, 0.5) is 0 Å². The molecule has 0 aromatic heterocycles. The predicted octanol–water partition coefficient (Wildman–Crippen LogP) is 3.37. The average Bonchev–Trinajstić information content (AvgIpc) is 3.28. The molecule has 1 unspecified atom stereocenters. The molecular formula is C16H23ClN2. The number of nitrogens with two attached hydrogens (primary N) is 1. The van der Waals surface area contributed by atoms with E-state index in [0.717, 1.165) is 29.3 Å². The summed E-state index contributed by atoms with van der Waals surface area (Å²) < 4.78 is 0. The van der Waals surface area contributed by atoms with Crippen LogP contribution >= 0.6 is 11.6 Å². The molecule has 3 N–H and O–H groups in total. The zero-order valence-corrected chi connectivity index (χ0v) is 12.1. The molecule has 2 aliphatic carbocycles. The Morgan fingerprint density at radius 3 is 2.16 bits per heavy atom. The third-order valence-electron chi connectivity index (χ3n) is 4.56. The maximum absolute atomic E-state index is 5.94. The van der Waals surface area contributed by atoms with Gasteiger partial charge in [-0.1, -0.05) is 23.7 Å². The molecule has 0 amide bonds. The summed E-state index contributed by atoms with van der Waals surface area (Å²) >= 11 is 5.94. The number of halogens is 1. The van der Waals surface area contributed by atoms with E-state index in [2.05, 4.69) is 17.4 Å². The van der Waals surface area contributed by atoms with Gasteiger partial charge in [0, 0.05) is 17.6 Å². The highest BCUT2D eigenvalue weighted by Gasteiger charge is 2.41. The lowest BCUT2D eigenvalue weighted by Crippen LogP contribution is -2.33. The molecule has 0 bridgehead atoms. The number of nitrogens with one attached hydrogen (secondary N) is 1. The molecule has 1 atom stereocenters. The quantitative estimate of drug-likeness (QED) is 0.803. The Morgan fingerprint density at radius 2 is 1.68 bits per heavy atom. The van der Waals surface area contributed by atoms with Gasteiger partial charge >= 0.3 is 0 Å². The van der Waals surface area contributed by atoms with Crippen LogP contribution in [0.5, 0.6) is 0 Å². The van der Waals surface area contributed by atoms with Gasteiger partial charge in [0.2, 0.25) is 0 Å². The Kier molecular flexibility index (Phi) is 4.11. The first kappa shape index (κ1) is 13.4. The second-order valence-electron chi connectivity index (χ2n) is 6.09. The van der Waals surface area contributed by atoms with Crippen LogP contribution in [0.3, 0.4) is 0 Å². The summed E-state index contributed by atoms with van der Waals surface area (Å²) in [4.78, 5) is 0. The number of hydrogen-bond donors (Lipinski definition) is 2. The molecular weight excluding hydrogens is 256 g/mol. The first-order valence-corrected chi connectivity index (χ1v) is 7.84. The largest absolute Gasteiger partial charge is 0.329 e. The van der Waals surface area contributed by atoms with Crippen molar-refractivity contribution in [1.82, 2.24) is 5.32 Å². The molecule has 3 heteroatoms. The summed E-state index contributed by atoms with van der Waals surface area (Å²) in [6.45, 7) is 1.77. The lowest BCUT2D eigenvalue weighted by molar-refractivity contribution is 0.357. The molecule has 0 aliphatic heterocycles. The molecule has 0 heterocycles. The minimum absolute atomic E-state index is 0.261. The van der Waals surface area contributed by atoms with Crippen molar-refractivity contribution in [2.45, 2.75) is 31.7 Å². The monoisotopic (exact) mass is 278 g/mol. The Hall–Kier alpha value is -0.570. The van der Waals surface area contributed by atoms with Gasteiger partial charge < -0.3 is 11.1 Å². The predicted molar refractivity (Wildman–Crippen MR) is 80.2 cm³/mol. The van der Waals surface area contributed by atoms with Gasteiger partial charge in [-0.3, -0.25) is 0 Å². The van der Waals surface area contributed by atoms with Gasteiger partial charge in [0.1, 0.15) is 0 Å². The van der Waals surface area contributed by atoms with Crippen molar-refractivity contribution in [3.05, 3.63) is 34.9 Å². The van der Waals surface area contributed by atoms with Gasteiger partial charge in [0.05, 0.1) is 0 Å². The van der Waals surface area contributed by atoms with Crippen LogP contribution in [0.25, 0.3) is 0 Å². The van der Waals surface area contributed by atoms with E-state index in [9.17, 15) is 0 Å². The minimum atomic E-state index is 0.261. The fourth-order valence-corrected chi connectivity index (χ4v) is 3.20. The molecule has 2 nitrogen and oxygen atoms in total. The SMILES string of the molecule is NCC(NCC(C1CC1)C1CC1)c1ccc(Cl)cc1. The average molecular weight is 279 g/mol. The van der Waals surface area contributed by atoms with E-state index in [4.69, 9.17) is 17.3 Å². The second kappa shape index (κ2) is 5.82. The zero-order valence-electron chi connectivity index (χ0n) is 11.3. The van der Waals surface area contributed by atoms with Crippen molar-refractivity contribution in [2.75, 3.05) is 13.1 Å². The van der Waals surface area contributed by atoms with Gasteiger partial charge in [-0.2, -0.15) is 0 Å². The Balaban J connectivity index is 1.58. The fraction of sp³-hybridized carbons (Fsp3) is 0.625. The molecule has 104 valence electrons. The molecule has 2 aliphatic rings. The lowest BCUT2D eigenvalue weighted by Gasteiger charge is -2.22. The van der Waals surface area contributed by atoms with Crippen LogP contribution in [-0.4, -0.2) is 13.1 Å². The van der Waals surface area contributed by atoms with E-state index in [1.54, 1.807) is 0 Å².